The van der Waals surface area contributed by atoms with Crippen molar-refractivity contribution in [1.82, 2.24) is 14.5 Å². The van der Waals surface area contributed by atoms with Crippen LogP contribution >= 0.6 is 0 Å². The third-order valence-corrected chi connectivity index (χ3v) is 5.36. The molecule has 7 heteroatoms. The summed E-state index contributed by atoms with van der Waals surface area (Å²) in [5.41, 5.74) is 0. The summed E-state index contributed by atoms with van der Waals surface area (Å²) in [6.07, 6.45) is 0.491. The molecular formula is C12H27N3O3S. The summed E-state index contributed by atoms with van der Waals surface area (Å²) in [5.74, 6) is 0.163. The van der Waals surface area contributed by atoms with Gasteiger partial charge in [-0.05, 0) is 20.3 Å². The number of rotatable bonds is 8. The maximum atomic E-state index is 12.3. The lowest BCUT2D eigenvalue weighted by atomic mass is 10.3. The first-order valence-corrected chi connectivity index (χ1v) is 8.61. The van der Waals surface area contributed by atoms with E-state index in [4.69, 9.17) is 5.11 Å². The van der Waals surface area contributed by atoms with Gasteiger partial charge in [0.05, 0.1) is 5.75 Å². The summed E-state index contributed by atoms with van der Waals surface area (Å²) in [4.78, 5) is 2.18. The molecule has 1 aliphatic heterocycles. The average molecular weight is 293 g/mol. The molecule has 6 nitrogen and oxygen atoms in total. The molecule has 0 aromatic heterocycles. The van der Waals surface area contributed by atoms with Crippen LogP contribution in [0.5, 0.6) is 0 Å². The van der Waals surface area contributed by atoms with Crippen LogP contribution in [0, 0.1) is 0 Å². The molecule has 0 spiro atoms. The molecule has 1 fully saturated rings. The molecule has 0 aliphatic carbocycles. The van der Waals surface area contributed by atoms with Gasteiger partial charge in [-0.3, -0.25) is 4.90 Å². The zero-order valence-corrected chi connectivity index (χ0v) is 12.8. The normalized spacial score (nSPS) is 18.4. The summed E-state index contributed by atoms with van der Waals surface area (Å²) >= 11 is 0. The second kappa shape index (κ2) is 8.16. The van der Waals surface area contributed by atoms with Crippen LogP contribution < -0.4 is 5.32 Å². The van der Waals surface area contributed by atoms with E-state index in [2.05, 4.69) is 10.2 Å². The van der Waals surface area contributed by atoms with Crippen molar-refractivity contribution in [3.8, 4) is 0 Å². The second-order valence-corrected chi connectivity index (χ2v) is 7.23. The Labute approximate surface area is 116 Å². The Morgan fingerprint density at radius 3 is 2.47 bits per heavy atom. The minimum atomic E-state index is -3.23. The number of nitrogens with one attached hydrogen (secondary N) is 1. The van der Waals surface area contributed by atoms with Gasteiger partial charge in [-0.15, -0.1) is 0 Å². The standard InChI is InChI=1S/C12H27N3O3S/c1-12(2)15(6-3-10-16)19(17,18)11-9-14-7-4-13-5-8-14/h12-13,16H,3-11H2,1-2H3. The molecule has 0 atom stereocenters. The van der Waals surface area contributed by atoms with Gasteiger partial charge in [-0.1, -0.05) is 0 Å². The van der Waals surface area contributed by atoms with Gasteiger partial charge in [0.1, 0.15) is 0 Å². The molecule has 1 aliphatic rings. The average Bonchev–Trinajstić information content (AvgIpc) is 2.37. The molecule has 1 heterocycles. The summed E-state index contributed by atoms with van der Waals surface area (Å²) in [6.45, 7) is 8.44. The van der Waals surface area contributed by atoms with Crippen LogP contribution in [0.25, 0.3) is 0 Å². The van der Waals surface area contributed by atoms with Crippen LogP contribution in [0.3, 0.4) is 0 Å². The Bertz CT molecular complexity index is 340. The highest BCUT2D eigenvalue weighted by molar-refractivity contribution is 7.89. The lowest BCUT2D eigenvalue weighted by Gasteiger charge is -2.30. The van der Waals surface area contributed by atoms with E-state index in [0.29, 0.717) is 19.5 Å². The van der Waals surface area contributed by atoms with E-state index in [-0.39, 0.29) is 18.4 Å². The predicted octanol–water partition coefficient (Wildman–Crippen LogP) is -0.686. The molecule has 0 aromatic carbocycles. The van der Waals surface area contributed by atoms with Crippen molar-refractivity contribution >= 4 is 10.0 Å². The topological polar surface area (TPSA) is 72.9 Å². The van der Waals surface area contributed by atoms with Gasteiger partial charge >= 0.3 is 0 Å². The number of nitrogens with zero attached hydrogens (tertiary/aromatic N) is 2. The van der Waals surface area contributed by atoms with Gasteiger partial charge in [0.2, 0.25) is 10.0 Å². The number of piperazine rings is 1. The Kier molecular flexibility index (Phi) is 7.23. The van der Waals surface area contributed by atoms with E-state index in [1.165, 1.54) is 4.31 Å². The minimum absolute atomic E-state index is 0.0243. The smallest absolute Gasteiger partial charge is 0.215 e. The molecule has 0 saturated carbocycles. The highest BCUT2D eigenvalue weighted by Crippen LogP contribution is 2.09. The van der Waals surface area contributed by atoms with Crippen LogP contribution in [0.1, 0.15) is 20.3 Å². The van der Waals surface area contributed by atoms with E-state index in [0.717, 1.165) is 26.2 Å². The highest BCUT2D eigenvalue weighted by Gasteiger charge is 2.25. The zero-order valence-electron chi connectivity index (χ0n) is 12.0. The van der Waals surface area contributed by atoms with E-state index in [1.54, 1.807) is 0 Å². The van der Waals surface area contributed by atoms with Crippen molar-refractivity contribution in [3.63, 3.8) is 0 Å². The van der Waals surface area contributed by atoms with Crippen molar-refractivity contribution in [3.05, 3.63) is 0 Å². The maximum absolute atomic E-state index is 12.3. The van der Waals surface area contributed by atoms with Gasteiger partial charge < -0.3 is 10.4 Å². The van der Waals surface area contributed by atoms with Crippen LogP contribution in [0.4, 0.5) is 0 Å². The third kappa shape index (κ3) is 5.74. The van der Waals surface area contributed by atoms with Crippen molar-refractivity contribution < 1.29 is 13.5 Å². The van der Waals surface area contributed by atoms with E-state index in [1.807, 2.05) is 13.8 Å². The molecule has 19 heavy (non-hydrogen) atoms. The van der Waals surface area contributed by atoms with Crippen molar-refractivity contribution in [2.45, 2.75) is 26.3 Å². The Morgan fingerprint density at radius 2 is 1.95 bits per heavy atom. The van der Waals surface area contributed by atoms with Crippen LogP contribution in [0.2, 0.25) is 0 Å². The monoisotopic (exact) mass is 293 g/mol. The van der Waals surface area contributed by atoms with Gasteiger partial charge in [0, 0.05) is 51.9 Å². The fourth-order valence-corrected chi connectivity index (χ4v) is 4.01. The lowest BCUT2D eigenvalue weighted by molar-refractivity contribution is 0.246. The summed E-state index contributed by atoms with van der Waals surface area (Å²) in [5, 5.41) is 12.1. The number of hydrogen-bond donors (Lipinski definition) is 2. The number of hydrogen-bond acceptors (Lipinski definition) is 5. The largest absolute Gasteiger partial charge is 0.396 e. The van der Waals surface area contributed by atoms with E-state index in [9.17, 15) is 8.42 Å². The van der Waals surface area contributed by atoms with Gasteiger partial charge in [-0.25, -0.2) is 8.42 Å². The molecule has 0 bridgehead atoms. The number of aliphatic hydroxyl groups excluding tert-OH is 1. The summed E-state index contributed by atoms with van der Waals surface area (Å²) < 4.78 is 26.2. The Morgan fingerprint density at radius 1 is 1.32 bits per heavy atom. The molecule has 114 valence electrons. The molecule has 2 N–H and O–H groups in total. The Balaban J connectivity index is 2.50. The first kappa shape index (κ1) is 16.8. The van der Waals surface area contributed by atoms with Crippen LogP contribution in [0.15, 0.2) is 0 Å². The summed E-state index contributed by atoms with van der Waals surface area (Å²) in [6, 6.07) is -0.0560. The molecular weight excluding hydrogens is 266 g/mol. The summed E-state index contributed by atoms with van der Waals surface area (Å²) in [7, 11) is -3.23. The fraction of sp³-hybridized carbons (Fsp3) is 1.00. The Hall–Kier alpha value is -0.210. The molecule has 1 rings (SSSR count). The molecule has 0 radical (unpaired) electrons. The SMILES string of the molecule is CC(C)N(CCCO)S(=O)(=O)CCN1CCNCC1. The number of aliphatic hydroxyl groups is 1. The second-order valence-electron chi connectivity index (χ2n) is 5.19. The highest BCUT2D eigenvalue weighted by atomic mass is 32.2. The molecule has 0 amide bonds. The first-order valence-electron chi connectivity index (χ1n) is 7.01. The third-order valence-electron chi connectivity index (χ3n) is 3.34. The fourth-order valence-electron chi connectivity index (χ4n) is 2.24. The molecule has 1 saturated heterocycles. The van der Waals surface area contributed by atoms with Crippen molar-refractivity contribution in [1.29, 1.82) is 0 Å². The minimum Gasteiger partial charge on any atom is -0.396 e. The van der Waals surface area contributed by atoms with Crippen LogP contribution in [-0.2, 0) is 10.0 Å². The van der Waals surface area contributed by atoms with Gasteiger partial charge in [0.25, 0.3) is 0 Å². The zero-order chi connectivity index (χ0) is 14.3. The first-order chi connectivity index (χ1) is 8.97. The van der Waals surface area contributed by atoms with Crippen LogP contribution in [-0.4, -0.2) is 80.4 Å². The van der Waals surface area contributed by atoms with E-state index >= 15 is 0 Å². The lowest BCUT2D eigenvalue weighted by Crippen LogP contribution is -2.47. The van der Waals surface area contributed by atoms with Gasteiger partial charge in [0.15, 0.2) is 0 Å². The maximum Gasteiger partial charge on any atom is 0.215 e. The quantitative estimate of drug-likeness (QED) is 0.620. The predicted molar refractivity (Wildman–Crippen MR) is 76.6 cm³/mol. The molecule has 0 unspecified atom stereocenters. The molecule has 0 aromatic rings. The number of sulfonamides is 1. The van der Waals surface area contributed by atoms with Crippen molar-refractivity contribution in [2.24, 2.45) is 0 Å². The van der Waals surface area contributed by atoms with Gasteiger partial charge in [-0.2, -0.15) is 4.31 Å². The van der Waals surface area contributed by atoms with Crippen molar-refractivity contribution in [2.75, 3.05) is 51.6 Å². The van der Waals surface area contributed by atoms with E-state index < -0.39 is 10.0 Å².